The lowest BCUT2D eigenvalue weighted by molar-refractivity contribution is 0.146. The van der Waals surface area contributed by atoms with E-state index in [0.29, 0.717) is 0 Å². The zero-order valence-electron chi connectivity index (χ0n) is 7.42. The number of phosphoric acid groups is 1. The Bertz CT molecular complexity index is 345. The van der Waals surface area contributed by atoms with Crippen molar-refractivity contribution in [2.75, 3.05) is 0 Å². The quantitative estimate of drug-likeness (QED) is 0.836. The molecule has 0 aliphatic heterocycles. The second-order valence-corrected chi connectivity index (χ2v) is 4.90. The second-order valence-electron chi connectivity index (χ2n) is 2.79. The molecule has 0 amide bonds. The van der Waals surface area contributed by atoms with Crippen LogP contribution in [0.1, 0.15) is 18.6 Å². The molecule has 6 heteroatoms. The second kappa shape index (κ2) is 4.55. The maximum atomic E-state index is 10.5. The van der Waals surface area contributed by atoms with E-state index >= 15 is 0 Å². The summed E-state index contributed by atoms with van der Waals surface area (Å²) in [5, 5.41) is 0. The van der Waals surface area contributed by atoms with Gasteiger partial charge < -0.3 is 9.79 Å². The van der Waals surface area contributed by atoms with Crippen molar-refractivity contribution in [1.82, 2.24) is 0 Å². The third-order valence-electron chi connectivity index (χ3n) is 1.63. The van der Waals surface area contributed by atoms with Crippen molar-refractivity contribution in [3.05, 3.63) is 34.3 Å². The van der Waals surface area contributed by atoms with Gasteiger partial charge in [0.15, 0.2) is 0 Å². The van der Waals surface area contributed by atoms with Crippen LogP contribution in [0.2, 0.25) is 0 Å². The zero-order chi connectivity index (χ0) is 10.8. The predicted octanol–water partition coefficient (Wildman–Crippen LogP) is 2.62. The van der Waals surface area contributed by atoms with E-state index in [1.165, 1.54) is 0 Å². The van der Waals surface area contributed by atoms with Gasteiger partial charge in [0.05, 0.1) is 6.10 Å². The van der Waals surface area contributed by atoms with Gasteiger partial charge in [-0.15, -0.1) is 0 Å². The van der Waals surface area contributed by atoms with Gasteiger partial charge in [-0.05, 0) is 24.6 Å². The van der Waals surface area contributed by atoms with Crippen molar-refractivity contribution in [2.45, 2.75) is 13.0 Å². The van der Waals surface area contributed by atoms with Gasteiger partial charge in [0.25, 0.3) is 0 Å². The highest BCUT2D eigenvalue weighted by Gasteiger charge is 2.19. The molecule has 1 rings (SSSR count). The van der Waals surface area contributed by atoms with Crippen molar-refractivity contribution in [3.63, 3.8) is 0 Å². The number of phosphoric ester groups is 1. The van der Waals surface area contributed by atoms with Crippen LogP contribution in [0.5, 0.6) is 0 Å². The molecular formula is C8H10BrO4P. The molecule has 0 bridgehead atoms. The van der Waals surface area contributed by atoms with Crippen molar-refractivity contribution in [3.8, 4) is 0 Å². The molecule has 1 aromatic rings. The summed E-state index contributed by atoms with van der Waals surface area (Å²) in [7, 11) is -4.41. The number of hydrogen-bond acceptors (Lipinski definition) is 2. The van der Waals surface area contributed by atoms with E-state index < -0.39 is 13.9 Å². The van der Waals surface area contributed by atoms with Gasteiger partial charge in [-0.2, -0.15) is 0 Å². The maximum absolute atomic E-state index is 10.5. The average molecular weight is 281 g/mol. The van der Waals surface area contributed by atoms with Gasteiger partial charge in [-0.3, -0.25) is 4.52 Å². The number of halogens is 1. The van der Waals surface area contributed by atoms with Gasteiger partial charge in [-0.25, -0.2) is 4.57 Å². The molecule has 0 saturated carbocycles. The molecule has 0 spiro atoms. The molecule has 0 aliphatic carbocycles. The monoisotopic (exact) mass is 280 g/mol. The standard InChI is InChI=1S/C8H10BrO4P/c1-6(13-14(10,11)12)7-2-4-8(9)5-3-7/h2-6H,1H3,(H2,10,11,12). The fourth-order valence-electron chi connectivity index (χ4n) is 1.00. The van der Waals surface area contributed by atoms with Crippen LogP contribution in [0, 0.1) is 0 Å². The van der Waals surface area contributed by atoms with Crippen LogP contribution < -0.4 is 0 Å². The largest absolute Gasteiger partial charge is 0.470 e. The van der Waals surface area contributed by atoms with E-state index in [2.05, 4.69) is 20.5 Å². The molecule has 0 aliphatic rings. The minimum Gasteiger partial charge on any atom is -0.303 e. The Hall–Kier alpha value is -0.190. The molecule has 78 valence electrons. The highest BCUT2D eigenvalue weighted by atomic mass is 79.9. The van der Waals surface area contributed by atoms with Crippen molar-refractivity contribution >= 4 is 23.8 Å². The lowest BCUT2D eigenvalue weighted by atomic mass is 10.1. The first kappa shape index (κ1) is 11.9. The molecule has 0 fully saturated rings. The lowest BCUT2D eigenvalue weighted by Crippen LogP contribution is -1.97. The molecule has 1 aromatic carbocycles. The minimum absolute atomic E-state index is 0.621. The van der Waals surface area contributed by atoms with Crippen molar-refractivity contribution in [2.24, 2.45) is 0 Å². The van der Waals surface area contributed by atoms with E-state index in [4.69, 9.17) is 9.79 Å². The summed E-state index contributed by atoms with van der Waals surface area (Å²) in [6, 6.07) is 7.05. The van der Waals surface area contributed by atoms with Crippen LogP contribution in [0.25, 0.3) is 0 Å². The van der Waals surface area contributed by atoms with Gasteiger partial charge >= 0.3 is 7.82 Å². The summed E-state index contributed by atoms with van der Waals surface area (Å²) in [5.41, 5.74) is 0.719. The van der Waals surface area contributed by atoms with Crippen LogP contribution in [0.15, 0.2) is 28.7 Å². The van der Waals surface area contributed by atoms with Crippen LogP contribution in [-0.4, -0.2) is 9.79 Å². The van der Waals surface area contributed by atoms with Gasteiger partial charge in [0.1, 0.15) is 0 Å². The average Bonchev–Trinajstić information content (AvgIpc) is 2.02. The van der Waals surface area contributed by atoms with Gasteiger partial charge in [0.2, 0.25) is 0 Å². The number of hydrogen-bond donors (Lipinski definition) is 2. The molecule has 0 saturated heterocycles. The Labute approximate surface area is 90.3 Å². The summed E-state index contributed by atoms with van der Waals surface area (Å²) in [4.78, 5) is 17.2. The normalized spacial score (nSPS) is 14.0. The summed E-state index contributed by atoms with van der Waals surface area (Å²) in [6.07, 6.45) is -0.621. The maximum Gasteiger partial charge on any atom is 0.470 e. The first-order valence-corrected chi connectivity index (χ1v) is 6.20. The smallest absolute Gasteiger partial charge is 0.303 e. The molecule has 1 atom stereocenters. The van der Waals surface area contributed by atoms with Gasteiger partial charge in [0, 0.05) is 4.47 Å². The van der Waals surface area contributed by atoms with E-state index in [-0.39, 0.29) is 0 Å². The molecule has 4 nitrogen and oxygen atoms in total. The molecular weight excluding hydrogens is 271 g/mol. The van der Waals surface area contributed by atoms with E-state index in [9.17, 15) is 4.57 Å². The fraction of sp³-hybridized carbons (Fsp3) is 0.250. The molecule has 0 heterocycles. The molecule has 14 heavy (non-hydrogen) atoms. The zero-order valence-corrected chi connectivity index (χ0v) is 9.90. The minimum atomic E-state index is -4.41. The third-order valence-corrected chi connectivity index (χ3v) is 2.75. The molecule has 1 unspecified atom stereocenters. The Morgan fingerprint density at radius 2 is 1.86 bits per heavy atom. The summed E-state index contributed by atoms with van der Waals surface area (Å²) in [6.45, 7) is 1.59. The van der Waals surface area contributed by atoms with Gasteiger partial charge in [-0.1, -0.05) is 28.1 Å². The van der Waals surface area contributed by atoms with Crippen LogP contribution in [0.4, 0.5) is 0 Å². The molecule has 0 radical (unpaired) electrons. The third kappa shape index (κ3) is 3.90. The summed E-state index contributed by atoms with van der Waals surface area (Å²) < 4.78 is 16.0. The SMILES string of the molecule is CC(OP(=O)(O)O)c1ccc(Br)cc1. The van der Waals surface area contributed by atoms with Crippen molar-refractivity contribution in [1.29, 1.82) is 0 Å². The van der Waals surface area contributed by atoms with Crippen LogP contribution in [-0.2, 0) is 9.09 Å². The lowest BCUT2D eigenvalue weighted by Gasteiger charge is -2.13. The van der Waals surface area contributed by atoms with Crippen LogP contribution in [0.3, 0.4) is 0 Å². The Morgan fingerprint density at radius 1 is 1.36 bits per heavy atom. The Kier molecular flexibility index (Phi) is 3.86. The predicted molar refractivity (Wildman–Crippen MR) is 55.7 cm³/mol. The molecule has 2 N–H and O–H groups in total. The Balaban J connectivity index is 2.75. The van der Waals surface area contributed by atoms with E-state index in [1.807, 2.05) is 0 Å². The molecule has 0 aromatic heterocycles. The fourth-order valence-corrected chi connectivity index (χ4v) is 1.80. The first-order valence-electron chi connectivity index (χ1n) is 3.88. The topological polar surface area (TPSA) is 66.8 Å². The van der Waals surface area contributed by atoms with Crippen molar-refractivity contribution < 1.29 is 18.9 Å². The van der Waals surface area contributed by atoms with E-state index in [1.54, 1.807) is 31.2 Å². The first-order chi connectivity index (χ1) is 6.38. The Morgan fingerprint density at radius 3 is 2.29 bits per heavy atom. The summed E-state index contributed by atoms with van der Waals surface area (Å²) in [5.74, 6) is 0. The highest BCUT2D eigenvalue weighted by Crippen LogP contribution is 2.42. The van der Waals surface area contributed by atoms with Crippen LogP contribution >= 0.6 is 23.8 Å². The number of benzene rings is 1. The van der Waals surface area contributed by atoms with E-state index in [0.717, 1.165) is 10.0 Å². The number of rotatable bonds is 3. The highest BCUT2D eigenvalue weighted by molar-refractivity contribution is 9.10. The summed E-state index contributed by atoms with van der Waals surface area (Å²) >= 11 is 3.26.